The minimum absolute atomic E-state index is 0.0663. The van der Waals surface area contributed by atoms with Crippen LogP contribution in [0, 0.1) is 0 Å². The van der Waals surface area contributed by atoms with Crippen LogP contribution in [0.15, 0.2) is 12.7 Å². The van der Waals surface area contributed by atoms with Crippen LogP contribution in [0.4, 0.5) is 0 Å². The van der Waals surface area contributed by atoms with Gasteiger partial charge in [0.15, 0.2) is 30.9 Å². The largest absolute Gasteiger partial charge is 0.456 e. The summed E-state index contributed by atoms with van der Waals surface area (Å²) in [5.41, 5.74) is 0. The highest BCUT2D eigenvalue weighted by Gasteiger charge is 2.55. The van der Waals surface area contributed by atoms with Crippen LogP contribution in [-0.2, 0) is 61.8 Å². The Bertz CT molecular complexity index is 774. The van der Waals surface area contributed by atoms with Crippen LogP contribution in [-0.4, -0.2) is 114 Å². The Morgan fingerprint density at radius 2 is 1.30 bits per heavy atom. The fourth-order valence-electron chi connectivity index (χ4n) is 4.38. The summed E-state index contributed by atoms with van der Waals surface area (Å²) in [6, 6.07) is 0. The predicted octanol–water partition coefficient (Wildman–Crippen LogP) is 0.515. The standard InChI is InChI=1S/C24H38O13/c1-9-10-31-11-16-18(19(28-6)21(29-7)23(30-8)36-16)37-24-22(35-15(5)27)20(34-14(4)26)17(12(2)32-24)33-13(3)25/h9,12,16-24H,1,10-11H2,2-8H3/t12-,16+,17-,18-,19-,20+,21+,22+,23-,24-/m0/s1. The molecular formula is C24H38O13. The van der Waals surface area contributed by atoms with Gasteiger partial charge in [-0.3, -0.25) is 14.4 Å². The monoisotopic (exact) mass is 534 g/mol. The highest BCUT2D eigenvalue weighted by Crippen LogP contribution is 2.34. The smallest absolute Gasteiger partial charge is 0.303 e. The van der Waals surface area contributed by atoms with Crippen molar-refractivity contribution in [2.45, 2.75) is 89.1 Å². The molecule has 2 aliphatic rings. The van der Waals surface area contributed by atoms with Gasteiger partial charge in [-0.25, -0.2) is 0 Å². The molecule has 2 saturated heterocycles. The number of carbonyl (C=O) groups excluding carboxylic acids is 3. The zero-order chi connectivity index (χ0) is 27.7. The second-order valence-corrected chi connectivity index (χ2v) is 8.54. The summed E-state index contributed by atoms with van der Waals surface area (Å²) < 4.78 is 57.0. The Morgan fingerprint density at radius 1 is 0.730 bits per heavy atom. The van der Waals surface area contributed by atoms with Crippen molar-refractivity contribution in [1.82, 2.24) is 0 Å². The van der Waals surface area contributed by atoms with Crippen molar-refractivity contribution in [3.63, 3.8) is 0 Å². The minimum Gasteiger partial charge on any atom is -0.456 e. The van der Waals surface area contributed by atoms with Gasteiger partial charge in [-0.15, -0.1) is 6.58 Å². The maximum absolute atomic E-state index is 12.0. The normalized spacial score (nSPS) is 35.9. The molecule has 212 valence electrons. The fourth-order valence-corrected chi connectivity index (χ4v) is 4.38. The second-order valence-electron chi connectivity index (χ2n) is 8.54. The van der Waals surface area contributed by atoms with Gasteiger partial charge in [0.25, 0.3) is 0 Å². The molecule has 0 amide bonds. The van der Waals surface area contributed by atoms with E-state index in [4.69, 9.17) is 47.4 Å². The van der Waals surface area contributed by atoms with Gasteiger partial charge in [-0.1, -0.05) is 6.08 Å². The van der Waals surface area contributed by atoms with E-state index in [2.05, 4.69) is 6.58 Å². The van der Waals surface area contributed by atoms with E-state index in [1.54, 1.807) is 13.0 Å². The van der Waals surface area contributed by atoms with Crippen molar-refractivity contribution in [2.24, 2.45) is 0 Å². The van der Waals surface area contributed by atoms with Crippen LogP contribution >= 0.6 is 0 Å². The van der Waals surface area contributed by atoms with Gasteiger partial charge in [-0.05, 0) is 6.92 Å². The third-order valence-electron chi connectivity index (χ3n) is 5.81. The van der Waals surface area contributed by atoms with Gasteiger partial charge >= 0.3 is 17.9 Å². The van der Waals surface area contributed by atoms with Crippen LogP contribution in [0.2, 0.25) is 0 Å². The van der Waals surface area contributed by atoms with Crippen LogP contribution in [0.25, 0.3) is 0 Å². The van der Waals surface area contributed by atoms with Gasteiger partial charge in [0.05, 0.1) is 19.3 Å². The predicted molar refractivity (Wildman–Crippen MR) is 124 cm³/mol. The summed E-state index contributed by atoms with van der Waals surface area (Å²) in [6.45, 7) is 9.13. The number of hydrogen-bond donors (Lipinski definition) is 0. The molecule has 13 heteroatoms. The molecule has 0 unspecified atom stereocenters. The van der Waals surface area contributed by atoms with Gasteiger partial charge < -0.3 is 47.4 Å². The number of ether oxygens (including phenoxy) is 10. The first-order valence-electron chi connectivity index (χ1n) is 11.8. The Morgan fingerprint density at radius 3 is 1.81 bits per heavy atom. The molecule has 13 nitrogen and oxygen atoms in total. The van der Waals surface area contributed by atoms with Crippen LogP contribution in [0.5, 0.6) is 0 Å². The van der Waals surface area contributed by atoms with Gasteiger partial charge in [0, 0.05) is 42.1 Å². The van der Waals surface area contributed by atoms with Crippen molar-refractivity contribution in [2.75, 3.05) is 34.5 Å². The van der Waals surface area contributed by atoms with Crippen molar-refractivity contribution in [1.29, 1.82) is 0 Å². The van der Waals surface area contributed by atoms with Gasteiger partial charge in [0.1, 0.15) is 24.4 Å². The van der Waals surface area contributed by atoms with Gasteiger partial charge in [0.2, 0.25) is 0 Å². The molecule has 2 aliphatic heterocycles. The molecule has 0 aromatic rings. The molecule has 0 aromatic carbocycles. The molecule has 37 heavy (non-hydrogen) atoms. The first kappa shape index (κ1) is 31.1. The number of methoxy groups -OCH3 is 3. The number of esters is 3. The number of carbonyl (C=O) groups is 3. The highest BCUT2D eigenvalue weighted by atomic mass is 16.8. The quantitative estimate of drug-likeness (QED) is 0.149. The summed E-state index contributed by atoms with van der Waals surface area (Å²) in [4.78, 5) is 35.7. The highest BCUT2D eigenvalue weighted by molar-refractivity contribution is 5.68. The van der Waals surface area contributed by atoms with E-state index in [0.29, 0.717) is 0 Å². The SMILES string of the molecule is C=CCOC[C@H]1O[C@H](OC)[C@H](OC)[C@@H](OC)[C@H]1O[C@@H]1O[C@@H](C)[C@H](OC(C)=O)[C@@H](OC(C)=O)[C@H]1OC(C)=O. The van der Waals surface area contributed by atoms with Crippen LogP contribution < -0.4 is 0 Å². The lowest BCUT2D eigenvalue weighted by Crippen LogP contribution is -2.66. The zero-order valence-electron chi connectivity index (χ0n) is 22.3. The first-order valence-corrected chi connectivity index (χ1v) is 11.8. The molecule has 2 fully saturated rings. The lowest BCUT2D eigenvalue weighted by molar-refractivity contribution is -0.359. The summed E-state index contributed by atoms with van der Waals surface area (Å²) in [6.07, 6.45) is -7.96. The summed E-state index contributed by atoms with van der Waals surface area (Å²) >= 11 is 0. The maximum atomic E-state index is 12.0. The van der Waals surface area contributed by atoms with Crippen molar-refractivity contribution in [3.05, 3.63) is 12.7 Å². The van der Waals surface area contributed by atoms with E-state index in [-0.39, 0.29) is 13.2 Å². The third-order valence-corrected chi connectivity index (χ3v) is 5.81. The number of hydrogen-bond acceptors (Lipinski definition) is 13. The fraction of sp³-hybridized carbons (Fsp3) is 0.792. The van der Waals surface area contributed by atoms with Crippen LogP contribution in [0.1, 0.15) is 27.7 Å². The van der Waals surface area contributed by atoms with Crippen molar-refractivity contribution >= 4 is 17.9 Å². The molecule has 2 heterocycles. The third kappa shape index (κ3) is 8.18. The molecule has 0 saturated carbocycles. The van der Waals surface area contributed by atoms with Crippen LogP contribution in [0.3, 0.4) is 0 Å². The van der Waals surface area contributed by atoms with Crippen molar-refractivity contribution < 1.29 is 61.8 Å². The van der Waals surface area contributed by atoms with Crippen molar-refractivity contribution in [3.8, 4) is 0 Å². The molecule has 0 bridgehead atoms. The average Bonchev–Trinajstić information content (AvgIpc) is 2.83. The molecule has 0 N–H and O–H groups in total. The van der Waals surface area contributed by atoms with E-state index < -0.39 is 79.3 Å². The molecule has 10 atom stereocenters. The molecule has 0 radical (unpaired) electrons. The Kier molecular flexibility index (Phi) is 12.4. The van der Waals surface area contributed by atoms with E-state index in [1.807, 2.05) is 0 Å². The lowest BCUT2D eigenvalue weighted by Gasteiger charge is -2.48. The molecule has 0 spiro atoms. The molecule has 0 aromatic heterocycles. The van der Waals surface area contributed by atoms with Gasteiger partial charge in [-0.2, -0.15) is 0 Å². The van der Waals surface area contributed by atoms with E-state index in [9.17, 15) is 14.4 Å². The summed E-state index contributed by atoms with van der Waals surface area (Å²) in [7, 11) is 4.41. The lowest BCUT2D eigenvalue weighted by atomic mass is 9.96. The summed E-state index contributed by atoms with van der Waals surface area (Å²) in [5, 5.41) is 0. The maximum Gasteiger partial charge on any atom is 0.303 e. The van der Waals surface area contributed by atoms with E-state index in [0.717, 1.165) is 0 Å². The van der Waals surface area contributed by atoms with E-state index >= 15 is 0 Å². The average molecular weight is 535 g/mol. The zero-order valence-corrected chi connectivity index (χ0v) is 22.3. The topological polar surface area (TPSA) is 144 Å². The Hall–Kier alpha value is -2.13. The number of rotatable bonds is 12. The molecular weight excluding hydrogens is 496 g/mol. The minimum atomic E-state index is -1.30. The molecule has 0 aliphatic carbocycles. The Balaban J connectivity index is 2.45. The Labute approximate surface area is 216 Å². The first-order chi connectivity index (χ1) is 17.6. The summed E-state index contributed by atoms with van der Waals surface area (Å²) in [5.74, 6) is -2.01. The van der Waals surface area contributed by atoms with E-state index in [1.165, 1.54) is 42.1 Å². The second kappa shape index (κ2) is 14.7. The molecule has 2 rings (SSSR count).